The van der Waals surface area contributed by atoms with Crippen molar-refractivity contribution in [1.82, 2.24) is 10.0 Å². The van der Waals surface area contributed by atoms with Crippen molar-refractivity contribution in [2.75, 3.05) is 7.05 Å². The third kappa shape index (κ3) is 4.37. The van der Waals surface area contributed by atoms with Gasteiger partial charge in [-0.2, -0.15) is 4.72 Å². The summed E-state index contributed by atoms with van der Waals surface area (Å²) in [6.07, 6.45) is 0.161. The van der Waals surface area contributed by atoms with Gasteiger partial charge in [-0.3, -0.25) is 4.79 Å². The highest BCUT2D eigenvalue weighted by atomic mass is 32.2. The number of hydrogen-bond donors (Lipinski definition) is 2. The molecule has 23 heavy (non-hydrogen) atoms. The van der Waals surface area contributed by atoms with Gasteiger partial charge in [0.15, 0.2) is 0 Å². The van der Waals surface area contributed by atoms with Crippen molar-refractivity contribution in [3.63, 3.8) is 0 Å². The summed E-state index contributed by atoms with van der Waals surface area (Å²) in [5, 5.41) is 2.41. The van der Waals surface area contributed by atoms with Crippen LogP contribution in [-0.2, 0) is 21.2 Å². The van der Waals surface area contributed by atoms with Crippen molar-refractivity contribution in [2.45, 2.75) is 17.4 Å². The van der Waals surface area contributed by atoms with Crippen LogP contribution < -0.4 is 10.0 Å². The number of nitrogens with one attached hydrogen (secondary N) is 2. The molecule has 2 aromatic rings. The van der Waals surface area contributed by atoms with E-state index in [9.17, 15) is 17.6 Å². The molecule has 1 atom stereocenters. The third-order valence-corrected chi connectivity index (χ3v) is 4.77. The highest BCUT2D eigenvalue weighted by Gasteiger charge is 2.27. The van der Waals surface area contributed by atoms with Gasteiger partial charge in [0.05, 0.1) is 0 Å². The van der Waals surface area contributed by atoms with Gasteiger partial charge in [-0.05, 0) is 24.1 Å². The zero-order chi connectivity index (χ0) is 16.9. The monoisotopic (exact) mass is 336 g/mol. The molecule has 0 aliphatic rings. The number of halogens is 1. The van der Waals surface area contributed by atoms with E-state index in [1.54, 1.807) is 24.3 Å². The molecule has 0 aromatic heterocycles. The van der Waals surface area contributed by atoms with Gasteiger partial charge in [0.2, 0.25) is 15.9 Å². The van der Waals surface area contributed by atoms with Gasteiger partial charge >= 0.3 is 0 Å². The summed E-state index contributed by atoms with van der Waals surface area (Å²) in [6.45, 7) is 0. The highest BCUT2D eigenvalue weighted by molar-refractivity contribution is 7.89. The molecule has 2 aromatic carbocycles. The first-order valence-corrected chi connectivity index (χ1v) is 8.45. The minimum absolute atomic E-state index is 0.161. The van der Waals surface area contributed by atoms with E-state index in [1.807, 2.05) is 6.07 Å². The molecule has 0 aliphatic carbocycles. The van der Waals surface area contributed by atoms with Crippen molar-refractivity contribution in [3.8, 4) is 0 Å². The molecule has 0 spiro atoms. The van der Waals surface area contributed by atoms with E-state index >= 15 is 0 Å². The van der Waals surface area contributed by atoms with Crippen LogP contribution in [0, 0.1) is 5.82 Å². The van der Waals surface area contributed by atoms with Gasteiger partial charge in [0, 0.05) is 7.05 Å². The Morgan fingerprint density at radius 1 is 1.09 bits per heavy atom. The summed E-state index contributed by atoms with van der Waals surface area (Å²) in [7, 11) is -2.74. The molecule has 5 nitrogen and oxygen atoms in total. The molecule has 0 aliphatic heterocycles. The molecular formula is C16H17FN2O3S. The lowest BCUT2D eigenvalue weighted by Crippen LogP contribution is -2.47. The summed E-state index contributed by atoms with van der Waals surface area (Å²) < 4.78 is 40.7. The molecule has 2 N–H and O–H groups in total. The van der Waals surface area contributed by atoms with Crippen molar-refractivity contribution in [3.05, 3.63) is 66.0 Å². The zero-order valence-electron chi connectivity index (χ0n) is 12.5. The van der Waals surface area contributed by atoms with Crippen molar-refractivity contribution < 1.29 is 17.6 Å². The first-order chi connectivity index (χ1) is 10.9. The van der Waals surface area contributed by atoms with Crippen LogP contribution in [-0.4, -0.2) is 27.4 Å². The normalized spacial score (nSPS) is 12.6. The highest BCUT2D eigenvalue weighted by Crippen LogP contribution is 2.14. The van der Waals surface area contributed by atoms with Crippen LogP contribution in [0.15, 0.2) is 59.5 Å². The lowest BCUT2D eigenvalue weighted by Gasteiger charge is -2.17. The maximum absolute atomic E-state index is 13.7. The first-order valence-electron chi connectivity index (χ1n) is 6.96. The molecular weight excluding hydrogens is 319 g/mol. The summed E-state index contributed by atoms with van der Waals surface area (Å²) >= 11 is 0. The number of hydrogen-bond acceptors (Lipinski definition) is 3. The summed E-state index contributed by atoms with van der Waals surface area (Å²) in [5.41, 5.74) is 0.789. The fraction of sp³-hybridized carbons (Fsp3) is 0.188. The molecule has 1 amide bonds. The molecule has 122 valence electrons. The Balaban J connectivity index is 2.27. The second-order valence-electron chi connectivity index (χ2n) is 4.91. The number of likely N-dealkylation sites (N-methyl/N-ethyl adjacent to an activating group) is 1. The topological polar surface area (TPSA) is 75.3 Å². The molecule has 0 fully saturated rings. The Labute approximate surface area is 134 Å². The van der Waals surface area contributed by atoms with E-state index < -0.39 is 32.7 Å². The predicted octanol–water partition coefficient (Wildman–Crippen LogP) is 1.46. The zero-order valence-corrected chi connectivity index (χ0v) is 13.3. The molecule has 7 heteroatoms. The van der Waals surface area contributed by atoms with Crippen LogP contribution in [0.5, 0.6) is 0 Å². The van der Waals surface area contributed by atoms with Gasteiger partial charge in [0.25, 0.3) is 0 Å². The van der Waals surface area contributed by atoms with Crippen molar-refractivity contribution in [2.24, 2.45) is 0 Å². The standard InChI is InChI=1S/C16H17FN2O3S/c1-18-16(20)14(11-12-7-3-2-4-8-12)19-23(21,22)15-10-6-5-9-13(15)17/h2-10,14,19H,11H2,1H3,(H,18,20). The second kappa shape index (κ2) is 7.34. The minimum atomic E-state index is -4.15. The van der Waals surface area contributed by atoms with Gasteiger partial charge in [-0.1, -0.05) is 42.5 Å². The molecule has 0 radical (unpaired) electrons. The maximum Gasteiger partial charge on any atom is 0.244 e. The summed E-state index contributed by atoms with van der Waals surface area (Å²) in [5.74, 6) is -1.36. The van der Waals surface area contributed by atoms with Crippen LogP contribution in [0.3, 0.4) is 0 Å². The van der Waals surface area contributed by atoms with E-state index in [0.717, 1.165) is 17.7 Å². The second-order valence-corrected chi connectivity index (χ2v) is 6.59. The fourth-order valence-corrected chi connectivity index (χ4v) is 3.40. The largest absolute Gasteiger partial charge is 0.358 e. The van der Waals surface area contributed by atoms with E-state index in [-0.39, 0.29) is 6.42 Å². The number of carbonyl (C=O) groups is 1. The van der Waals surface area contributed by atoms with Crippen LogP contribution in [0.4, 0.5) is 4.39 Å². The predicted molar refractivity (Wildman–Crippen MR) is 84.7 cm³/mol. The number of rotatable bonds is 6. The SMILES string of the molecule is CNC(=O)C(Cc1ccccc1)NS(=O)(=O)c1ccccc1F. The Kier molecular flexibility index (Phi) is 5.46. The van der Waals surface area contributed by atoms with E-state index in [2.05, 4.69) is 10.0 Å². The van der Waals surface area contributed by atoms with Crippen molar-refractivity contribution in [1.29, 1.82) is 0 Å². The Morgan fingerprint density at radius 2 is 1.70 bits per heavy atom. The van der Waals surface area contributed by atoms with Gasteiger partial charge in [0.1, 0.15) is 16.8 Å². The number of amides is 1. The molecule has 2 rings (SSSR count). The van der Waals surface area contributed by atoms with Crippen molar-refractivity contribution >= 4 is 15.9 Å². The lowest BCUT2D eigenvalue weighted by molar-refractivity contribution is -0.122. The number of benzene rings is 2. The summed E-state index contributed by atoms with van der Waals surface area (Å²) in [4.78, 5) is 11.5. The molecule has 0 saturated carbocycles. The van der Waals surface area contributed by atoms with Crippen LogP contribution in [0.2, 0.25) is 0 Å². The van der Waals surface area contributed by atoms with E-state index in [0.29, 0.717) is 0 Å². The quantitative estimate of drug-likeness (QED) is 0.839. The maximum atomic E-state index is 13.7. The average Bonchev–Trinajstić information content (AvgIpc) is 2.54. The molecule has 0 saturated heterocycles. The number of sulfonamides is 1. The molecule has 0 bridgehead atoms. The average molecular weight is 336 g/mol. The molecule has 0 heterocycles. The van der Waals surface area contributed by atoms with Crippen LogP contribution in [0.1, 0.15) is 5.56 Å². The van der Waals surface area contributed by atoms with E-state index in [4.69, 9.17) is 0 Å². The molecule has 1 unspecified atom stereocenters. The third-order valence-electron chi connectivity index (χ3n) is 3.27. The minimum Gasteiger partial charge on any atom is -0.358 e. The summed E-state index contributed by atoms with van der Waals surface area (Å²) in [6, 6.07) is 13.0. The van der Waals surface area contributed by atoms with Gasteiger partial charge in [-0.25, -0.2) is 12.8 Å². The van der Waals surface area contributed by atoms with Gasteiger partial charge < -0.3 is 5.32 Å². The Hall–Kier alpha value is -2.25. The smallest absolute Gasteiger partial charge is 0.244 e. The number of carbonyl (C=O) groups excluding carboxylic acids is 1. The van der Waals surface area contributed by atoms with Crippen LogP contribution >= 0.6 is 0 Å². The first kappa shape index (κ1) is 17.1. The Bertz CT molecular complexity index is 779. The lowest BCUT2D eigenvalue weighted by atomic mass is 10.1. The van der Waals surface area contributed by atoms with E-state index in [1.165, 1.54) is 19.2 Å². The van der Waals surface area contributed by atoms with Gasteiger partial charge in [-0.15, -0.1) is 0 Å². The fourth-order valence-electron chi connectivity index (χ4n) is 2.13. The Morgan fingerprint density at radius 3 is 2.30 bits per heavy atom. The van der Waals surface area contributed by atoms with Crippen LogP contribution in [0.25, 0.3) is 0 Å².